The summed E-state index contributed by atoms with van der Waals surface area (Å²) in [4.78, 5) is 132. The quantitative estimate of drug-likeness (QED) is 0.0332. The Morgan fingerprint density at radius 1 is 0.455 bits per heavy atom. The van der Waals surface area contributed by atoms with Gasteiger partial charge in [-0.3, -0.25) is 34.4 Å². The number of rotatable bonds is 19. The van der Waals surface area contributed by atoms with E-state index in [-0.39, 0.29) is 77.9 Å². The molecule has 5 aromatic heterocycles. The number of carbonyl (C=O) groups is 7. The molecular weight excluding hydrogens is 1780 g/mol. The van der Waals surface area contributed by atoms with Crippen LogP contribution >= 0.6 is 96.1 Å². The van der Waals surface area contributed by atoms with Gasteiger partial charge >= 0.3 is 23.9 Å². The molecule has 0 saturated carbocycles. The molecule has 8 aliphatic rings. The monoisotopic (exact) mass is 1850 g/mol. The van der Waals surface area contributed by atoms with E-state index in [1.54, 1.807) is 67.5 Å². The van der Waals surface area contributed by atoms with Crippen LogP contribution in [0, 0.1) is 41.0 Å². The third kappa shape index (κ3) is 17.9. The highest BCUT2D eigenvalue weighted by Gasteiger charge is 2.49. The summed E-state index contributed by atoms with van der Waals surface area (Å²) < 4.78 is 76.2. The van der Waals surface area contributed by atoms with E-state index in [1.807, 2.05) is 31.3 Å². The van der Waals surface area contributed by atoms with Crippen LogP contribution in [0.1, 0.15) is 125 Å². The third-order valence-electron chi connectivity index (χ3n) is 20.4. The molecule has 0 aliphatic carbocycles. The van der Waals surface area contributed by atoms with E-state index >= 15 is 0 Å². The van der Waals surface area contributed by atoms with Crippen LogP contribution in [0.3, 0.4) is 0 Å². The van der Waals surface area contributed by atoms with Crippen LogP contribution in [-0.4, -0.2) is 178 Å². The Hall–Kier alpha value is -11.3. The molecule has 17 rings (SSSR count). The van der Waals surface area contributed by atoms with Crippen LogP contribution in [0.4, 0.5) is 17.6 Å². The summed E-state index contributed by atoms with van der Waals surface area (Å²) in [5.74, 6) is -4.24. The zero-order valence-corrected chi connectivity index (χ0v) is 71.2. The largest absolute Gasteiger partial charge is 0.466 e. The summed E-state index contributed by atoms with van der Waals surface area (Å²) in [6.07, 6.45) is 7.95. The summed E-state index contributed by atoms with van der Waals surface area (Å²) in [7, 11) is 1.29. The second-order valence-corrected chi connectivity index (χ2v) is 33.2. The molecule has 0 radical (unpaired) electrons. The molecule has 4 fully saturated rings. The molecular formula is C79H69BrCl3F4N19O11S4. The molecule has 0 bridgehead atoms. The van der Waals surface area contributed by atoms with Gasteiger partial charge in [0.15, 0.2) is 49.2 Å². The first kappa shape index (κ1) is 86.1. The summed E-state index contributed by atoms with van der Waals surface area (Å²) in [6, 6.07) is 13.0. The van der Waals surface area contributed by atoms with Crippen LogP contribution in [0.2, 0.25) is 15.1 Å². The topological polar surface area (TPSA) is 403 Å². The number of ether oxygens (including phenoxy) is 4. The lowest BCUT2D eigenvalue weighted by atomic mass is 9.93. The molecule has 0 spiro atoms. The van der Waals surface area contributed by atoms with Crippen molar-refractivity contribution in [3.8, 4) is 0 Å². The van der Waals surface area contributed by atoms with Gasteiger partial charge in [0.1, 0.15) is 47.4 Å². The van der Waals surface area contributed by atoms with Crippen LogP contribution in [0.5, 0.6) is 0 Å². The molecule has 626 valence electrons. The second-order valence-electron chi connectivity index (χ2n) is 27.6. The van der Waals surface area contributed by atoms with Crippen molar-refractivity contribution in [1.82, 2.24) is 60.2 Å². The number of hydrogen-bond donors (Lipinski definition) is 4. The minimum absolute atomic E-state index is 0.110. The van der Waals surface area contributed by atoms with Gasteiger partial charge in [-0.05, 0) is 74.9 Å². The molecule has 3 amide bonds. The zero-order valence-electron chi connectivity index (χ0n) is 64.0. The number of primary amides is 3. The van der Waals surface area contributed by atoms with E-state index in [1.165, 1.54) is 113 Å². The number of hydrogen-bond acceptors (Lipinski definition) is 30. The van der Waals surface area contributed by atoms with Gasteiger partial charge in [0.25, 0.3) is 0 Å². The maximum Gasteiger partial charge on any atom is 0.338 e. The normalized spacial score (nSPS) is 20.7. The van der Waals surface area contributed by atoms with Gasteiger partial charge in [-0.2, -0.15) is 5.21 Å². The number of aromatic nitrogens is 8. The highest BCUT2D eigenvalue weighted by Crippen LogP contribution is 2.50. The summed E-state index contributed by atoms with van der Waals surface area (Å²) >= 11 is 28.0. The van der Waals surface area contributed by atoms with Crippen molar-refractivity contribution in [2.45, 2.75) is 76.5 Å². The minimum atomic E-state index is -0.825. The van der Waals surface area contributed by atoms with Crippen molar-refractivity contribution in [3.63, 3.8) is 0 Å². The maximum atomic E-state index is 13.8. The first-order valence-electron chi connectivity index (χ1n) is 37.2. The number of carbonyl (C=O) groups excluding carboxylic acids is 7. The summed E-state index contributed by atoms with van der Waals surface area (Å²) in [5, 5.41) is 24.8. The van der Waals surface area contributed by atoms with Crippen molar-refractivity contribution in [1.29, 1.82) is 0 Å². The van der Waals surface area contributed by atoms with E-state index in [9.17, 15) is 51.1 Å². The fraction of sp³-hybridized carbons (Fsp3) is 0.291. The Morgan fingerprint density at radius 2 is 0.760 bits per heavy atom. The number of halogens is 8. The Kier molecular flexibility index (Phi) is 26.6. The van der Waals surface area contributed by atoms with Crippen LogP contribution < -0.4 is 17.2 Å². The number of thiazole rings is 4. The number of nitrogens with two attached hydrogens (primary N) is 3. The van der Waals surface area contributed by atoms with Gasteiger partial charge in [0, 0.05) is 163 Å². The minimum Gasteiger partial charge on any atom is -0.466 e. The number of aromatic amines is 1. The number of nitrogens with zero attached hydrogens (tertiary/aromatic N) is 15. The van der Waals surface area contributed by atoms with Gasteiger partial charge in [-0.15, -0.1) is 55.5 Å². The first-order valence-corrected chi connectivity index (χ1v) is 42.7. The van der Waals surface area contributed by atoms with Crippen LogP contribution in [0.25, 0.3) is 0 Å². The Balaban J connectivity index is 0.000000132. The van der Waals surface area contributed by atoms with Gasteiger partial charge in [0.2, 0.25) is 17.7 Å². The number of fused-ring (bicyclic) bond motifs is 4. The molecule has 4 saturated heterocycles. The van der Waals surface area contributed by atoms with Crippen LogP contribution in [0.15, 0.2) is 189 Å². The van der Waals surface area contributed by atoms with E-state index in [4.69, 9.17) is 90.9 Å². The number of aliphatic imine (C=N–C) groups is 4. The lowest BCUT2D eigenvalue weighted by Crippen LogP contribution is -2.36. The van der Waals surface area contributed by atoms with Gasteiger partial charge in [0.05, 0.1) is 67.0 Å². The van der Waals surface area contributed by atoms with Crippen molar-refractivity contribution in [2.75, 3.05) is 53.1 Å². The lowest BCUT2D eigenvalue weighted by Gasteiger charge is -2.31. The molecule has 7 N–H and O–H groups in total. The van der Waals surface area contributed by atoms with Gasteiger partial charge in [-0.25, -0.2) is 56.7 Å². The smallest absolute Gasteiger partial charge is 0.338 e. The van der Waals surface area contributed by atoms with E-state index in [0.717, 1.165) is 5.70 Å². The van der Waals surface area contributed by atoms with Gasteiger partial charge in [-0.1, -0.05) is 80.2 Å². The molecule has 121 heavy (non-hydrogen) atoms. The third-order valence-corrected chi connectivity index (χ3v) is 25.1. The van der Waals surface area contributed by atoms with Crippen molar-refractivity contribution >= 4 is 161 Å². The van der Waals surface area contributed by atoms with E-state index in [2.05, 4.69) is 56.5 Å². The van der Waals surface area contributed by atoms with E-state index < -0.39 is 107 Å². The fourth-order valence-electron chi connectivity index (χ4n) is 15.0. The number of nitrogens with one attached hydrogen (secondary N) is 1. The second kappa shape index (κ2) is 37.3. The average molecular weight is 1850 g/mol. The van der Waals surface area contributed by atoms with Crippen LogP contribution in [-0.2, 0) is 52.5 Å². The molecule has 4 aromatic carbocycles. The fourth-order valence-corrected chi connectivity index (χ4v) is 19.0. The maximum absolute atomic E-state index is 13.8. The molecule has 8 atom stereocenters. The Bertz CT molecular complexity index is 5630. The predicted octanol–water partition coefficient (Wildman–Crippen LogP) is 12.2. The number of tetrazole rings is 1. The molecule has 13 heterocycles. The Labute approximate surface area is 725 Å². The van der Waals surface area contributed by atoms with Gasteiger partial charge < -0.3 is 55.7 Å². The molecule has 9 aromatic rings. The van der Waals surface area contributed by atoms with Crippen molar-refractivity contribution in [2.24, 2.45) is 54.9 Å². The first-order chi connectivity index (χ1) is 58.3. The number of benzene rings is 4. The van der Waals surface area contributed by atoms with Crippen molar-refractivity contribution in [3.05, 3.63) is 255 Å². The lowest BCUT2D eigenvalue weighted by molar-refractivity contribution is -0.140. The molecule has 8 aliphatic heterocycles. The standard InChI is InChI=1S/C20H17ClFN7O2S.2C20H18ClFN4O3S.C19H16BrFN4O3S/c1-2-31-20(30)15-14-7-10(17-25-27-28-26-17)9-29(14)18(19-23-5-6-32-19)24-16(15)12-4-3-11(22)8-13(12)21;2*1-2-29-20(28)15-14-7-10(17(23)27)9-26(14)18(19-24-5-6-30-19)25-16(15)12-4-3-11(22)8-13(12)21;1-28-19(27)14-13-6-9(16(22)26)8-25(13)17(18-23-4-5-29-18)24-15(14)11-3-2-10(21)7-12(11)20/h3-6,8,10,16H,2,7,9H2,1H3,(H,25,26,27,28);2*3-6,8,10,16H,2,7,9H2,1H3,(H2,23,27);2-5,7,9,15H,6,8H2,1H3,(H2,22,26)/t10-,16-;10-,16+;10-,16-;9-,15?/m0101/s1. The number of amidine groups is 4. The number of methoxy groups -OCH3 is 1. The van der Waals surface area contributed by atoms with Crippen molar-refractivity contribution < 1.29 is 70.1 Å². The van der Waals surface area contributed by atoms with E-state index in [0.29, 0.717) is 130 Å². The zero-order chi connectivity index (χ0) is 85.8. The molecule has 30 nitrogen and oxygen atoms in total. The number of esters is 4. The number of H-pyrrole nitrogens is 1. The number of allylic oxidation sites excluding steroid dienone is 4. The number of amides is 3. The SMILES string of the molecule is CCOC(=O)C1=C2C[C@@H](C(N)=O)CN2C(c2nccs2)=N[C@H]1c1ccc(F)cc1Cl.CCOC(=O)C1=C2C[C@H](C(N)=O)CN2C(c2nccs2)=N[C@H]1c1ccc(F)cc1Cl.CCOC(=O)C1=C2C[C@H](c3nn[nH]n3)CN2C(c2nccs2)=N[C@H]1c1ccc(F)cc1Cl.COC(=O)C1=C2C[C@@H](C(N)=O)CN2C(c2nccs2)=NC1c1ccc(F)cc1Br. The molecule has 42 heteroatoms. The highest BCUT2D eigenvalue weighted by atomic mass is 79.9. The summed E-state index contributed by atoms with van der Waals surface area (Å²) in [5.41, 5.74) is 22.5. The Morgan fingerprint density at radius 3 is 1.04 bits per heavy atom. The predicted molar refractivity (Wildman–Crippen MR) is 444 cm³/mol. The average Bonchev–Trinajstić information content (AvgIpc) is 1.41. The highest BCUT2D eigenvalue weighted by molar-refractivity contribution is 9.10. The summed E-state index contributed by atoms with van der Waals surface area (Å²) in [6.45, 7) is 7.07. The molecule has 1 unspecified atom stereocenters.